The molecule has 2 aromatic rings. The maximum absolute atomic E-state index is 7.40. The maximum Gasteiger partial charge on any atom is 0.132 e. The van der Waals surface area contributed by atoms with Crippen molar-refractivity contribution >= 4 is 0 Å². The lowest BCUT2D eigenvalue weighted by atomic mass is 10.2. The van der Waals surface area contributed by atoms with Crippen LogP contribution in [0.1, 0.15) is 45.4 Å². The summed E-state index contributed by atoms with van der Waals surface area (Å²) in [5.74, 6) is 1.76. The highest BCUT2D eigenvalue weighted by Crippen LogP contribution is 2.52. The van der Waals surface area contributed by atoms with Crippen LogP contribution in [0.25, 0.3) is 0 Å². The van der Waals surface area contributed by atoms with Gasteiger partial charge in [0.05, 0.1) is 0 Å². The third-order valence-electron chi connectivity index (χ3n) is 2.97. The summed E-state index contributed by atoms with van der Waals surface area (Å²) in [5.41, 5.74) is 1.08. The van der Waals surface area contributed by atoms with Gasteiger partial charge in [0, 0.05) is 39.7 Å². The van der Waals surface area contributed by atoms with E-state index in [1.54, 1.807) is 6.20 Å². The standard InChI is InChI=1S/C13H14N4/c1-8-3-5-15-13(16-8)11-7-10(11)12-4-6-14-9(2)17-12/h3-6,10-11H,7H2,1-2H3/t10-,11-/m0/s1/i1D3. The van der Waals surface area contributed by atoms with Crippen LogP contribution in [0.5, 0.6) is 0 Å². The smallest absolute Gasteiger partial charge is 0.132 e. The third kappa shape index (κ3) is 2.02. The molecule has 2 aromatic heterocycles. The fraction of sp³-hybridized carbons (Fsp3) is 0.385. The van der Waals surface area contributed by atoms with Gasteiger partial charge in [-0.2, -0.15) is 0 Å². The fourth-order valence-corrected chi connectivity index (χ4v) is 2.04. The molecular weight excluding hydrogens is 212 g/mol. The van der Waals surface area contributed by atoms with Gasteiger partial charge in [-0.05, 0) is 32.3 Å². The fourth-order valence-electron chi connectivity index (χ4n) is 2.04. The van der Waals surface area contributed by atoms with E-state index in [0.29, 0.717) is 5.82 Å². The summed E-state index contributed by atoms with van der Waals surface area (Å²) >= 11 is 0. The lowest BCUT2D eigenvalue weighted by Crippen LogP contribution is -1.97. The van der Waals surface area contributed by atoms with Gasteiger partial charge in [-0.1, -0.05) is 0 Å². The van der Waals surface area contributed by atoms with Crippen LogP contribution in [0.3, 0.4) is 0 Å². The molecule has 3 rings (SSSR count). The molecule has 0 N–H and O–H groups in total. The zero-order chi connectivity index (χ0) is 14.3. The van der Waals surface area contributed by atoms with Crippen molar-refractivity contribution in [3.05, 3.63) is 47.6 Å². The second-order valence-electron chi connectivity index (χ2n) is 4.28. The minimum absolute atomic E-state index is 0.104. The number of aromatic nitrogens is 4. The van der Waals surface area contributed by atoms with Crippen LogP contribution in [-0.2, 0) is 0 Å². The highest BCUT2D eigenvalue weighted by Gasteiger charge is 2.42. The van der Waals surface area contributed by atoms with E-state index in [9.17, 15) is 0 Å². The topological polar surface area (TPSA) is 51.6 Å². The lowest BCUT2D eigenvalue weighted by Gasteiger charge is -2.01. The lowest BCUT2D eigenvalue weighted by molar-refractivity contribution is 0.852. The zero-order valence-electron chi connectivity index (χ0n) is 12.5. The van der Waals surface area contributed by atoms with Crippen molar-refractivity contribution in [2.45, 2.75) is 32.0 Å². The Labute approximate surface area is 104 Å². The highest BCUT2D eigenvalue weighted by atomic mass is 14.9. The molecule has 0 saturated heterocycles. The third-order valence-corrected chi connectivity index (χ3v) is 2.97. The monoisotopic (exact) mass is 229 g/mol. The van der Waals surface area contributed by atoms with Gasteiger partial charge in [0.25, 0.3) is 0 Å². The summed E-state index contributed by atoms with van der Waals surface area (Å²) < 4.78 is 22.2. The van der Waals surface area contributed by atoms with Crippen molar-refractivity contribution < 1.29 is 4.11 Å². The van der Waals surface area contributed by atoms with E-state index in [-0.39, 0.29) is 17.5 Å². The number of aryl methyl sites for hydroxylation is 2. The molecule has 1 aliphatic carbocycles. The predicted octanol–water partition coefficient (Wildman–Crippen LogP) is 2.15. The molecule has 0 radical (unpaired) electrons. The average molecular weight is 229 g/mol. The van der Waals surface area contributed by atoms with Gasteiger partial charge in [0.1, 0.15) is 11.6 Å². The molecule has 1 saturated carbocycles. The second-order valence-corrected chi connectivity index (χ2v) is 4.28. The van der Waals surface area contributed by atoms with Gasteiger partial charge in [-0.3, -0.25) is 0 Å². The normalized spacial score (nSPS) is 25.8. The summed E-state index contributed by atoms with van der Waals surface area (Å²) in [6.07, 6.45) is 4.16. The van der Waals surface area contributed by atoms with E-state index < -0.39 is 6.85 Å². The first-order valence-electron chi connectivity index (χ1n) is 7.08. The van der Waals surface area contributed by atoms with Crippen LogP contribution in [-0.4, -0.2) is 19.9 Å². The second kappa shape index (κ2) is 3.87. The van der Waals surface area contributed by atoms with Gasteiger partial charge in [0.15, 0.2) is 0 Å². The quantitative estimate of drug-likeness (QED) is 0.791. The molecule has 2 atom stereocenters. The molecule has 4 heteroatoms. The van der Waals surface area contributed by atoms with E-state index in [4.69, 9.17) is 4.11 Å². The van der Waals surface area contributed by atoms with Gasteiger partial charge < -0.3 is 0 Å². The van der Waals surface area contributed by atoms with E-state index in [1.807, 2.05) is 13.0 Å². The molecule has 0 aliphatic heterocycles. The molecule has 1 fully saturated rings. The SMILES string of the molecule is [2H]C([2H])([2H])c1ccnc([C@H]2C[C@@H]2c2ccnc(C)n2)n1. The molecule has 86 valence electrons. The summed E-state index contributed by atoms with van der Waals surface area (Å²) in [6, 6.07) is 3.34. The largest absolute Gasteiger partial charge is 0.242 e. The first-order chi connectivity index (χ1) is 9.45. The number of rotatable bonds is 2. The number of hydrogen-bond acceptors (Lipinski definition) is 4. The van der Waals surface area contributed by atoms with Gasteiger partial charge >= 0.3 is 0 Å². The number of nitrogens with zero attached hydrogens (tertiary/aromatic N) is 4. The average Bonchev–Trinajstić information content (AvgIpc) is 3.18. The molecule has 0 bridgehead atoms. The van der Waals surface area contributed by atoms with Gasteiger partial charge in [0.2, 0.25) is 0 Å². The molecule has 4 nitrogen and oxygen atoms in total. The van der Waals surface area contributed by atoms with Crippen LogP contribution < -0.4 is 0 Å². The molecular formula is C13H14N4. The summed E-state index contributed by atoms with van der Waals surface area (Å²) in [6.45, 7) is -0.333. The van der Waals surface area contributed by atoms with E-state index in [2.05, 4.69) is 19.9 Å². The Morgan fingerprint density at radius 1 is 1.18 bits per heavy atom. The van der Waals surface area contributed by atoms with E-state index >= 15 is 0 Å². The molecule has 2 heterocycles. The van der Waals surface area contributed by atoms with Gasteiger partial charge in [-0.15, -0.1) is 0 Å². The summed E-state index contributed by atoms with van der Waals surface area (Å²) in [7, 11) is 0. The Kier molecular flexibility index (Phi) is 1.70. The molecule has 0 aromatic carbocycles. The molecule has 1 aliphatic rings. The molecule has 0 unspecified atom stereocenters. The first-order valence-corrected chi connectivity index (χ1v) is 5.58. The summed E-state index contributed by atoms with van der Waals surface area (Å²) in [4.78, 5) is 16.9. The Morgan fingerprint density at radius 3 is 2.88 bits per heavy atom. The number of hydrogen-bond donors (Lipinski definition) is 0. The van der Waals surface area contributed by atoms with E-state index in [1.165, 1.54) is 12.3 Å². The van der Waals surface area contributed by atoms with Crippen molar-refractivity contribution in [1.82, 2.24) is 19.9 Å². The Morgan fingerprint density at radius 2 is 2.06 bits per heavy atom. The predicted molar refractivity (Wildman–Crippen MR) is 63.6 cm³/mol. The van der Waals surface area contributed by atoms with Crippen molar-refractivity contribution in [1.29, 1.82) is 0 Å². The Balaban J connectivity index is 1.83. The van der Waals surface area contributed by atoms with Crippen LogP contribution >= 0.6 is 0 Å². The highest BCUT2D eigenvalue weighted by molar-refractivity contribution is 5.26. The van der Waals surface area contributed by atoms with E-state index in [0.717, 1.165) is 17.9 Å². The van der Waals surface area contributed by atoms with Crippen molar-refractivity contribution in [2.24, 2.45) is 0 Å². The minimum Gasteiger partial charge on any atom is -0.242 e. The van der Waals surface area contributed by atoms with Crippen LogP contribution in [0, 0.1) is 13.8 Å². The van der Waals surface area contributed by atoms with Crippen molar-refractivity contribution in [2.75, 3.05) is 0 Å². The van der Waals surface area contributed by atoms with Crippen LogP contribution in [0.2, 0.25) is 0 Å². The van der Waals surface area contributed by atoms with Gasteiger partial charge in [-0.25, -0.2) is 19.9 Å². The molecule has 0 spiro atoms. The summed E-state index contributed by atoms with van der Waals surface area (Å²) in [5, 5.41) is 0. The zero-order valence-corrected chi connectivity index (χ0v) is 9.46. The molecule has 0 amide bonds. The van der Waals surface area contributed by atoms with Crippen LogP contribution in [0.15, 0.2) is 24.5 Å². The van der Waals surface area contributed by atoms with Crippen molar-refractivity contribution in [3.63, 3.8) is 0 Å². The Hall–Kier alpha value is -1.84. The van der Waals surface area contributed by atoms with Crippen LogP contribution in [0.4, 0.5) is 0 Å². The maximum atomic E-state index is 7.40. The first kappa shape index (κ1) is 7.48. The molecule has 17 heavy (non-hydrogen) atoms. The Bertz CT molecular complexity index is 642. The minimum atomic E-state index is -2.19. The van der Waals surface area contributed by atoms with Crippen molar-refractivity contribution in [3.8, 4) is 0 Å².